The van der Waals surface area contributed by atoms with Crippen molar-refractivity contribution in [2.45, 2.75) is 0 Å². The molecule has 0 bridgehead atoms. The van der Waals surface area contributed by atoms with E-state index in [-0.39, 0.29) is 30.3 Å². The van der Waals surface area contributed by atoms with E-state index in [1.54, 1.807) is 0 Å². The maximum atomic E-state index is 13.9. The van der Waals surface area contributed by atoms with E-state index < -0.39 is 17.8 Å². The van der Waals surface area contributed by atoms with Gasteiger partial charge in [-0.05, 0) is 12.1 Å². The molecule has 1 rings (SSSR count). The van der Waals surface area contributed by atoms with Gasteiger partial charge in [0.2, 0.25) is 0 Å². The van der Waals surface area contributed by atoms with Crippen molar-refractivity contribution in [3.05, 3.63) is 35.8 Å². The summed E-state index contributed by atoms with van der Waals surface area (Å²) in [4.78, 5) is 23.0. The Labute approximate surface area is 133 Å². The summed E-state index contributed by atoms with van der Waals surface area (Å²) in [5.41, 5.74) is -0.0665. The molecular weight excluding hydrogens is 309 g/mol. The Balaban J connectivity index is 3.08. The van der Waals surface area contributed by atoms with Crippen LogP contribution in [-0.2, 0) is 23.8 Å². The topological polar surface area (TPSA) is 83.1 Å². The molecule has 0 aliphatic carbocycles. The Hall–Kier alpha value is -2.61. The van der Waals surface area contributed by atoms with E-state index >= 15 is 0 Å². The smallest absolute Gasteiger partial charge is 0.354 e. The highest BCUT2D eigenvalue weighted by molar-refractivity contribution is 5.99. The first-order chi connectivity index (χ1) is 11.0. The van der Waals surface area contributed by atoms with E-state index in [9.17, 15) is 14.0 Å². The lowest BCUT2D eigenvalue weighted by molar-refractivity contribution is -0.138. The highest BCUT2D eigenvalue weighted by atomic mass is 19.1. The Kier molecular flexibility index (Phi) is 7.55. The van der Waals surface area contributed by atoms with Crippen LogP contribution in [0, 0.1) is 5.82 Å². The van der Waals surface area contributed by atoms with Crippen molar-refractivity contribution in [1.82, 2.24) is 0 Å². The molecule has 1 aromatic rings. The molecule has 0 saturated carbocycles. The van der Waals surface area contributed by atoms with Crippen LogP contribution in [0.3, 0.4) is 0 Å². The average molecular weight is 327 g/mol. The molecule has 0 fully saturated rings. The summed E-state index contributed by atoms with van der Waals surface area (Å²) in [5, 5.41) is 2.61. The zero-order valence-corrected chi connectivity index (χ0v) is 13.1. The number of ether oxygens (including phenoxy) is 4. The number of benzene rings is 1. The van der Waals surface area contributed by atoms with Gasteiger partial charge in [-0.15, -0.1) is 0 Å². The normalized spacial score (nSPS) is 10.9. The Morgan fingerprint density at radius 1 is 1.17 bits per heavy atom. The Morgan fingerprint density at radius 2 is 1.91 bits per heavy atom. The summed E-state index contributed by atoms with van der Waals surface area (Å²) >= 11 is 0. The number of carbonyl (C=O) groups is 2. The van der Waals surface area contributed by atoms with Crippen LogP contribution in [0.1, 0.15) is 0 Å². The van der Waals surface area contributed by atoms with Crippen molar-refractivity contribution in [1.29, 1.82) is 0 Å². The van der Waals surface area contributed by atoms with Crippen LogP contribution in [0.15, 0.2) is 30.0 Å². The van der Waals surface area contributed by atoms with E-state index in [0.717, 1.165) is 20.3 Å². The van der Waals surface area contributed by atoms with E-state index in [0.29, 0.717) is 0 Å². The summed E-state index contributed by atoms with van der Waals surface area (Å²) in [7, 11) is 3.80. The lowest BCUT2D eigenvalue weighted by atomic mass is 10.2. The van der Waals surface area contributed by atoms with Gasteiger partial charge in [0.15, 0.2) is 11.6 Å². The van der Waals surface area contributed by atoms with Crippen LogP contribution in [0.4, 0.5) is 10.1 Å². The molecule has 0 spiro atoms. The molecule has 0 aromatic heterocycles. The second-order valence-electron chi connectivity index (χ2n) is 4.16. The van der Waals surface area contributed by atoms with E-state index in [2.05, 4.69) is 14.8 Å². The lowest BCUT2D eigenvalue weighted by Gasteiger charge is -2.14. The number of hydrogen-bond acceptors (Lipinski definition) is 7. The number of para-hydroxylation sites is 1. The second-order valence-corrected chi connectivity index (χ2v) is 4.16. The maximum Gasteiger partial charge on any atom is 0.354 e. The highest BCUT2D eigenvalue weighted by Gasteiger charge is 2.17. The molecular formula is C15H18FNO6. The SMILES string of the molecule is COCCOc1c(F)cccc1N/C(=C/C(=O)OC)C(=O)OC. The predicted molar refractivity (Wildman–Crippen MR) is 79.5 cm³/mol. The first-order valence-electron chi connectivity index (χ1n) is 6.58. The second kappa shape index (κ2) is 9.42. The molecule has 0 aliphatic heterocycles. The van der Waals surface area contributed by atoms with Crippen molar-refractivity contribution in [3.8, 4) is 5.75 Å². The molecule has 126 valence electrons. The van der Waals surface area contributed by atoms with Gasteiger partial charge in [0.05, 0.1) is 32.6 Å². The third kappa shape index (κ3) is 5.59. The van der Waals surface area contributed by atoms with Crippen molar-refractivity contribution in [2.75, 3.05) is 39.9 Å². The van der Waals surface area contributed by atoms with Crippen LogP contribution in [0.5, 0.6) is 5.75 Å². The summed E-state index contributed by atoms with van der Waals surface area (Å²) in [6.45, 7) is 0.371. The minimum absolute atomic E-state index is 0.107. The first-order valence-corrected chi connectivity index (χ1v) is 6.58. The van der Waals surface area contributed by atoms with Gasteiger partial charge in [-0.1, -0.05) is 6.07 Å². The predicted octanol–water partition coefficient (Wildman–Crippen LogP) is 1.49. The Bertz CT molecular complexity index is 587. The molecule has 0 amide bonds. The lowest BCUT2D eigenvalue weighted by Crippen LogP contribution is -2.16. The van der Waals surface area contributed by atoms with Crippen molar-refractivity contribution in [2.24, 2.45) is 0 Å². The number of rotatable bonds is 8. The van der Waals surface area contributed by atoms with Gasteiger partial charge >= 0.3 is 11.9 Å². The van der Waals surface area contributed by atoms with Crippen LogP contribution in [-0.4, -0.2) is 46.5 Å². The third-order valence-electron chi connectivity index (χ3n) is 2.64. The van der Waals surface area contributed by atoms with E-state index in [4.69, 9.17) is 9.47 Å². The van der Waals surface area contributed by atoms with Gasteiger partial charge < -0.3 is 24.3 Å². The number of methoxy groups -OCH3 is 3. The van der Waals surface area contributed by atoms with E-state index in [1.807, 2.05) is 0 Å². The number of carbonyl (C=O) groups excluding carboxylic acids is 2. The first kappa shape index (κ1) is 18.4. The van der Waals surface area contributed by atoms with Crippen LogP contribution in [0.25, 0.3) is 0 Å². The summed E-state index contributed by atoms with van der Waals surface area (Å²) in [5.74, 6) is -2.32. The van der Waals surface area contributed by atoms with Crippen LogP contribution in [0.2, 0.25) is 0 Å². The summed E-state index contributed by atoms with van der Waals surface area (Å²) in [6.07, 6.45) is 0.898. The van der Waals surface area contributed by atoms with Gasteiger partial charge in [0, 0.05) is 7.11 Å². The quantitative estimate of drug-likeness (QED) is 0.440. The molecule has 0 radical (unpaired) electrons. The molecule has 0 heterocycles. The monoisotopic (exact) mass is 327 g/mol. The summed E-state index contributed by atoms with van der Waals surface area (Å²) < 4.78 is 33.1. The zero-order valence-electron chi connectivity index (χ0n) is 13.1. The molecule has 7 nitrogen and oxygen atoms in total. The molecule has 23 heavy (non-hydrogen) atoms. The standard InChI is InChI=1S/C15H18FNO6/c1-20-7-8-23-14-10(16)5-4-6-11(14)17-12(15(19)22-3)9-13(18)21-2/h4-6,9,17H,7-8H2,1-3H3/b12-9+. The number of halogens is 1. The number of nitrogens with one attached hydrogen (secondary N) is 1. The van der Waals surface area contributed by atoms with Crippen LogP contribution >= 0.6 is 0 Å². The van der Waals surface area contributed by atoms with Gasteiger partial charge in [-0.25, -0.2) is 14.0 Å². The minimum Gasteiger partial charge on any atom is -0.486 e. The van der Waals surface area contributed by atoms with Gasteiger partial charge in [0.1, 0.15) is 12.3 Å². The molecule has 1 N–H and O–H groups in total. The fourth-order valence-electron chi connectivity index (χ4n) is 1.56. The molecule has 0 unspecified atom stereocenters. The largest absolute Gasteiger partial charge is 0.486 e. The fourth-order valence-corrected chi connectivity index (χ4v) is 1.56. The number of anilines is 1. The van der Waals surface area contributed by atoms with Gasteiger partial charge in [0.25, 0.3) is 0 Å². The number of hydrogen-bond donors (Lipinski definition) is 1. The van der Waals surface area contributed by atoms with E-state index in [1.165, 1.54) is 25.3 Å². The molecule has 0 saturated heterocycles. The van der Waals surface area contributed by atoms with Gasteiger partial charge in [-0.3, -0.25) is 0 Å². The molecule has 0 aliphatic rings. The van der Waals surface area contributed by atoms with Crippen molar-refractivity contribution < 1.29 is 32.9 Å². The van der Waals surface area contributed by atoms with Crippen molar-refractivity contribution >= 4 is 17.6 Å². The fraction of sp³-hybridized carbons (Fsp3) is 0.333. The molecule has 0 atom stereocenters. The molecule has 8 heteroatoms. The molecule has 1 aromatic carbocycles. The average Bonchev–Trinajstić information content (AvgIpc) is 2.55. The maximum absolute atomic E-state index is 13.9. The number of esters is 2. The zero-order chi connectivity index (χ0) is 17.2. The minimum atomic E-state index is -0.817. The Morgan fingerprint density at radius 3 is 2.52 bits per heavy atom. The van der Waals surface area contributed by atoms with Gasteiger partial charge in [-0.2, -0.15) is 0 Å². The van der Waals surface area contributed by atoms with Crippen molar-refractivity contribution in [3.63, 3.8) is 0 Å². The third-order valence-corrected chi connectivity index (χ3v) is 2.64. The summed E-state index contributed by atoms with van der Waals surface area (Å²) in [6, 6.07) is 4.11. The van der Waals surface area contributed by atoms with Crippen LogP contribution < -0.4 is 10.1 Å². The highest BCUT2D eigenvalue weighted by Crippen LogP contribution is 2.29.